The van der Waals surface area contributed by atoms with Gasteiger partial charge in [-0.2, -0.15) is 0 Å². The Hall–Kier alpha value is -3.11. The number of aliphatic hydroxyl groups is 3. The van der Waals surface area contributed by atoms with Crippen LogP contribution in [-0.4, -0.2) is 76.7 Å². The van der Waals surface area contributed by atoms with Gasteiger partial charge in [0.2, 0.25) is 0 Å². The third kappa shape index (κ3) is 5.22. The van der Waals surface area contributed by atoms with Gasteiger partial charge >= 0.3 is 11.9 Å². The molecule has 1 aromatic rings. The molecule has 45 heavy (non-hydrogen) atoms. The number of allylic oxidation sites excluding steroid dienone is 3. The number of hydrogen-bond acceptors (Lipinski definition) is 9. The van der Waals surface area contributed by atoms with Crippen molar-refractivity contribution in [3.8, 4) is 0 Å². The van der Waals surface area contributed by atoms with Gasteiger partial charge in [0.15, 0.2) is 0 Å². The second-order valence-electron chi connectivity index (χ2n) is 14.0. The Morgan fingerprint density at radius 2 is 1.82 bits per heavy atom. The summed E-state index contributed by atoms with van der Waals surface area (Å²) in [7, 11) is 0. The van der Waals surface area contributed by atoms with Gasteiger partial charge in [0.1, 0.15) is 24.1 Å². The third-order valence-corrected chi connectivity index (χ3v) is 11.4. The summed E-state index contributed by atoms with van der Waals surface area (Å²) < 4.78 is 11.4. The van der Waals surface area contributed by atoms with Crippen LogP contribution in [0.2, 0.25) is 0 Å². The Bertz CT molecular complexity index is 1430. The normalized spacial score (nSPS) is 36.8. The smallest absolute Gasteiger partial charge is 0.338 e. The van der Waals surface area contributed by atoms with Crippen molar-refractivity contribution >= 4 is 17.7 Å². The Kier molecular flexibility index (Phi) is 8.44. The molecule has 242 valence electrons. The number of ketones is 1. The fourth-order valence-electron chi connectivity index (χ4n) is 8.84. The monoisotopic (exact) mass is 619 g/mol. The first-order valence-electron chi connectivity index (χ1n) is 16.3. The second-order valence-corrected chi connectivity index (χ2v) is 14.0. The van der Waals surface area contributed by atoms with Gasteiger partial charge in [0.05, 0.1) is 29.3 Å². The van der Waals surface area contributed by atoms with Gasteiger partial charge in [-0.3, -0.25) is 4.79 Å². The van der Waals surface area contributed by atoms with Gasteiger partial charge in [-0.1, -0.05) is 63.3 Å². The third-order valence-electron chi connectivity index (χ3n) is 11.4. The van der Waals surface area contributed by atoms with Crippen molar-refractivity contribution < 1.29 is 39.2 Å². The van der Waals surface area contributed by atoms with Crippen LogP contribution in [0.1, 0.15) is 63.2 Å². The molecule has 1 saturated heterocycles. The molecule has 1 unspecified atom stereocenters. The van der Waals surface area contributed by atoms with Crippen LogP contribution in [0.5, 0.6) is 0 Å². The number of benzene rings is 1. The van der Waals surface area contributed by atoms with E-state index in [1.165, 1.54) is 0 Å². The second kappa shape index (κ2) is 11.9. The molecule has 1 heterocycles. The van der Waals surface area contributed by atoms with E-state index < -0.39 is 47.0 Å². The number of Topliss-reactive ketones (excluding diaryl/α,β-unsaturated/α-hetero) is 1. The zero-order valence-corrected chi connectivity index (χ0v) is 26.3. The highest BCUT2D eigenvalue weighted by Gasteiger charge is 2.76. The zero-order valence-electron chi connectivity index (χ0n) is 26.3. The number of aliphatic hydroxyl groups excluding tert-OH is 2. The van der Waals surface area contributed by atoms with Crippen molar-refractivity contribution in [2.75, 3.05) is 19.8 Å². The molecule has 4 aliphatic carbocycles. The number of carbonyl (C=O) groups excluding carboxylic acids is 3. The lowest BCUT2D eigenvalue weighted by Gasteiger charge is -2.54. The Labute approximate surface area is 264 Å². The molecule has 9 heteroatoms. The summed E-state index contributed by atoms with van der Waals surface area (Å²) in [5.41, 5.74) is -3.18. The van der Waals surface area contributed by atoms with E-state index in [4.69, 9.17) is 9.47 Å². The summed E-state index contributed by atoms with van der Waals surface area (Å²) in [6.45, 7) is 6.09. The Balaban J connectivity index is 1.41. The van der Waals surface area contributed by atoms with Crippen molar-refractivity contribution in [3.05, 3.63) is 71.3 Å². The topological polar surface area (TPSA) is 152 Å². The molecule has 0 spiro atoms. The van der Waals surface area contributed by atoms with Gasteiger partial charge < -0.3 is 30.1 Å². The van der Waals surface area contributed by atoms with E-state index in [1.54, 1.807) is 55.5 Å². The van der Waals surface area contributed by atoms with Crippen LogP contribution in [0, 0.1) is 34.5 Å². The van der Waals surface area contributed by atoms with E-state index in [-0.39, 0.29) is 60.7 Å². The first-order valence-corrected chi connectivity index (χ1v) is 16.3. The van der Waals surface area contributed by atoms with Crippen LogP contribution in [0.25, 0.3) is 0 Å². The van der Waals surface area contributed by atoms with Gasteiger partial charge in [0.25, 0.3) is 0 Å². The predicted molar refractivity (Wildman–Crippen MR) is 166 cm³/mol. The average Bonchev–Trinajstić information content (AvgIpc) is 3.98. The standard InChI is InChI=1S/C36H45NO8/c1-4-28(38)36(43)30(39)23(20-45-33(42)22-13-9-6-10-14-22)17-24-29-26(34(29,2)3)18-25(27-19-37-27)35(36,31(24)40)15-16-44-32(41)21-11-7-5-8-12-21/h5,7-9,11-14,17,24-30,37-39,43H,4,6,10,15-16,18-20H2,1-3H3/t24-,25-,26+,27?,28-,29-,30+,35-,36+/m0/s1. The maximum absolute atomic E-state index is 15.2. The summed E-state index contributed by atoms with van der Waals surface area (Å²) in [4.78, 5) is 41.1. The van der Waals surface area contributed by atoms with Crippen molar-refractivity contribution in [2.24, 2.45) is 34.5 Å². The molecule has 0 aromatic heterocycles. The summed E-state index contributed by atoms with van der Waals surface area (Å²) in [5.74, 6) is -2.38. The quantitative estimate of drug-likeness (QED) is 0.176. The molecular weight excluding hydrogens is 574 g/mol. The van der Waals surface area contributed by atoms with E-state index in [1.807, 2.05) is 6.08 Å². The lowest BCUT2D eigenvalue weighted by Crippen LogP contribution is -2.70. The molecule has 0 radical (unpaired) electrons. The number of rotatable bonds is 10. The van der Waals surface area contributed by atoms with Crippen LogP contribution in [0.4, 0.5) is 0 Å². The van der Waals surface area contributed by atoms with Crippen molar-refractivity contribution in [2.45, 2.75) is 76.7 Å². The van der Waals surface area contributed by atoms with Crippen molar-refractivity contribution in [1.29, 1.82) is 0 Å². The van der Waals surface area contributed by atoms with E-state index in [0.29, 0.717) is 24.1 Å². The first kappa shape index (κ1) is 31.9. The molecule has 6 rings (SSSR count). The summed E-state index contributed by atoms with van der Waals surface area (Å²) in [5, 5.41) is 40.1. The largest absolute Gasteiger partial charge is 0.462 e. The molecular formula is C36H45NO8. The van der Waals surface area contributed by atoms with Crippen LogP contribution >= 0.6 is 0 Å². The van der Waals surface area contributed by atoms with E-state index >= 15 is 4.79 Å². The van der Waals surface area contributed by atoms with Gasteiger partial charge in [-0.15, -0.1) is 0 Å². The van der Waals surface area contributed by atoms with Crippen molar-refractivity contribution in [3.63, 3.8) is 0 Å². The SMILES string of the molecule is CC[C@H](O)[C@@]1(O)[C@H](O)C(COC(=O)C2=CCCC=C2)=C[C@@H]2C(=O)[C@]1(CCOC(=O)c1ccccc1)[C@H](C1CN1)C[C@@H]1[C@H]2C1(C)C. The maximum atomic E-state index is 15.2. The summed E-state index contributed by atoms with van der Waals surface area (Å²) in [6.07, 6.45) is 6.06. The number of nitrogens with one attached hydrogen (secondary N) is 1. The van der Waals surface area contributed by atoms with Gasteiger partial charge in [0, 0.05) is 18.5 Å². The minimum absolute atomic E-state index is 0.0528. The fraction of sp³-hybridized carbons (Fsp3) is 0.583. The van der Waals surface area contributed by atoms with Crippen molar-refractivity contribution in [1.82, 2.24) is 5.32 Å². The molecule has 3 fully saturated rings. The van der Waals surface area contributed by atoms with E-state index in [9.17, 15) is 24.9 Å². The molecule has 9 nitrogen and oxygen atoms in total. The average molecular weight is 620 g/mol. The molecule has 1 aliphatic heterocycles. The number of hydrogen-bond donors (Lipinski definition) is 4. The van der Waals surface area contributed by atoms with Crippen LogP contribution < -0.4 is 5.32 Å². The lowest BCUT2D eigenvalue weighted by atomic mass is 9.53. The van der Waals surface area contributed by atoms with Gasteiger partial charge in [-0.25, -0.2) is 9.59 Å². The number of ether oxygens (including phenoxy) is 2. The highest BCUT2D eigenvalue weighted by atomic mass is 16.5. The molecule has 1 aromatic carbocycles. The van der Waals surface area contributed by atoms with E-state index in [2.05, 4.69) is 19.2 Å². The minimum Gasteiger partial charge on any atom is -0.462 e. The molecule has 2 saturated carbocycles. The van der Waals surface area contributed by atoms with Crippen LogP contribution in [0.15, 0.2) is 65.8 Å². The van der Waals surface area contributed by atoms with E-state index in [0.717, 1.165) is 12.8 Å². The minimum atomic E-state index is -2.34. The zero-order chi connectivity index (χ0) is 32.1. The lowest BCUT2D eigenvalue weighted by molar-refractivity contribution is -0.226. The molecule has 4 N–H and O–H groups in total. The summed E-state index contributed by atoms with van der Waals surface area (Å²) in [6, 6.07) is 8.44. The number of esters is 2. The Morgan fingerprint density at radius 1 is 1.09 bits per heavy atom. The fourth-order valence-corrected chi connectivity index (χ4v) is 8.84. The molecule has 2 bridgehead atoms. The number of fused-ring (bicyclic) bond motifs is 4. The highest BCUT2D eigenvalue weighted by Crippen LogP contribution is 2.71. The maximum Gasteiger partial charge on any atom is 0.338 e. The predicted octanol–water partition coefficient (Wildman–Crippen LogP) is 3.29. The van der Waals surface area contributed by atoms with Crippen LogP contribution in [0.3, 0.4) is 0 Å². The Morgan fingerprint density at radius 3 is 2.47 bits per heavy atom. The highest BCUT2D eigenvalue weighted by molar-refractivity contribution is 5.94. The number of carbonyl (C=O) groups is 3. The van der Waals surface area contributed by atoms with Gasteiger partial charge in [-0.05, 0) is 73.0 Å². The molecule has 9 atom stereocenters. The van der Waals surface area contributed by atoms with Crippen LogP contribution in [-0.2, 0) is 19.1 Å². The first-order chi connectivity index (χ1) is 21.5. The summed E-state index contributed by atoms with van der Waals surface area (Å²) >= 11 is 0. The molecule has 5 aliphatic rings. The molecule has 0 amide bonds.